The SMILES string of the molecule is CC1=C(I)CSC2C(I)C(=O)N12. The third kappa shape index (κ3) is 1.23. The van der Waals surface area contributed by atoms with Gasteiger partial charge in [-0.3, -0.25) is 4.79 Å². The number of halogens is 2. The van der Waals surface area contributed by atoms with Gasteiger partial charge < -0.3 is 4.90 Å². The van der Waals surface area contributed by atoms with Crippen LogP contribution >= 0.6 is 56.9 Å². The summed E-state index contributed by atoms with van der Waals surface area (Å²) >= 11 is 6.42. The second-order valence-corrected chi connectivity index (χ2v) is 6.55. The van der Waals surface area contributed by atoms with Crippen molar-refractivity contribution in [3.05, 3.63) is 9.28 Å². The quantitative estimate of drug-likeness (QED) is 0.349. The normalized spacial score (nSPS) is 34.9. The van der Waals surface area contributed by atoms with Crippen LogP contribution in [0, 0.1) is 0 Å². The second-order valence-electron chi connectivity index (χ2n) is 2.80. The zero-order chi connectivity index (χ0) is 8.88. The number of thioether (sulfide) groups is 1. The maximum atomic E-state index is 11.4. The fraction of sp³-hybridized carbons (Fsp3) is 0.571. The standard InChI is InChI=1S/C7H7I2NOS/c1-3-4(8)2-12-7-5(9)6(11)10(3)7/h5,7H,2H2,1H3. The second kappa shape index (κ2) is 3.30. The summed E-state index contributed by atoms with van der Waals surface area (Å²) in [5.74, 6) is 1.35. The zero-order valence-corrected chi connectivity index (χ0v) is 11.5. The van der Waals surface area contributed by atoms with Gasteiger partial charge in [-0.1, -0.05) is 22.6 Å². The summed E-state index contributed by atoms with van der Waals surface area (Å²) < 4.78 is 1.51. The average Bonchev–Trinajstić information content (AvgIpc) is 2.08. The molecule has 0 radical (unpaired) electrons. The fourth-order valence-electron chi connectivity index (χ4n) is 1.34. The lowest BCUT2D eigenvalue weighted by Gasteiger charge is -2.47. The number of alkyl halides is 1. The molecule has 0 aromatic rings. The molecular formula is C7H7I2NOS. The van der Waals surface area contributed by atoms with Crippen molar-refractivity contribution in [2.24, 2.45) is 0 Å². The highest BCUT2D eigenvalue weighted by atomic mass is 127. The molecule has 2 unspecified atom stereocenters. The van der Waals surface area contributed by atoms with Gasteiger partial charge in [0, 0.05) is 15.0 Å². The number of hydrogen-bond donors (Lipinski definition) is 0. The van der Waals surface area contributed by atoms with E-state index in [1.807, 2.05) is 23.6 Å². The Hall–Kier alpha value is 1.02. The van der Waals surface area contributed by atoms with Gasteiger partial charge in [0.15, 0.2) is 0 Å². The van der Waals surface area contributed by atoms with Crippen molar-refractivity contribution < 1.29 is 4.79 Å². The molecule has 2 heterocycles. The number of amides is 1. The molecule has 0 spiro atoms. The van der Waals surface area contributed by atoms with E-state index in [4.69, 9.17) is 0 Å². The first kappa shape index (κ1) is 9.57. The molecule has 2 aliphatic rings. The van der Waals surface area contributed by atoms with Crippen molar-refractivity contribution in [2.75, 3.05) is 5.75 Å². The molecule has 0 aliphatic carbocycles. The molecule has 2 nitrogen and oxygen atoms in total. The number of nitrogens with zero attached hydrogens (tertiary/aromatic N) is 1. The van der Waals surface area contributed by atoms with E-state index in [0.717, 1.165) is 11.4 Å². The van der Waals surface area contributed by atoms with Gasteiger partial charge in [-0.15, -0.1) is 11.8 Å². The summed E-state index contributed by atoms with van der Waals surface area (Å²) in [6, 6.07) is 0. The molecule has 0 aromatic heterocycles. The molecule has 66 valence electrons. The van der Waals surface area contributed by atoms with E-state index >= 15 is 0 Å². The topological polar surface area (TPSA) is 20.3 Å². The monoisotopic (exact) mass is 407 g/mol. The zero-order valence-electron chi connectivity index (χ0n) is 6.38. The van der Waals surface area contributed by atoms with Crippen LogP contribution in [0.2, 0.25) is 0 Å². The van der Waals surface area contributed by atoms with Gasteiger partial charge in [-0.2, -0.15) is 0 Å². The molecule has 0 N–H and O–H groups in total. The van der Waals surface area contributed by atoms with Crippen molar-refractivity contribution in [1.29, 1.82) is 0 Å². The summed E-state index contributed by atoms with van der Waals surface area (Å²) in [6.07, 6.45) is 0. The Morgan fingerprint density at radius 2 is 2.33 bits per heavy atom. The van der Waals surface area contributed by atoms with Gasteiger partial charge in [-0.25, -0.2) is 0 Å². The molecular weight excluding hydrogens is 400 g/mol. The van der Waals surface area contributed by atoms with Gasteiger partial charge in [0.25, 0.3) is 0 Å². The van der Waals surface area contributed by atoms with E-state index in [9.17, 15) is 4.79 Å². The molecule has 0 saturated carbocycles. The predicted octanol–water partition coefficient (Wildman–Crippen LogP) is 2.37. The molecule has 0 aromatic carbocycles. The Morgan fingerprint density at radius 3 is 3.00 bits per heavy atom. The van der Waals surface area contributed by atoms with Crippen LogP contribution in [-0.4, -0.2) is 25.9 Å². The van der Waals surface area contributed by atoms with Crippen LogP contribution in [0.25, 0.3) is 0 Å². The minimum Gasteiger partial charge on any atom is -0.301 e. The minimum absolute atomic E-state index is 0.201. The highest BCUT2D eigenvalue weighted by molar-refractivity contribution is 14.1. The van der Waals surface area contributed by atoms with E-state index in [0.29, 0.717) is 5.37 Å². The predicted molar refractivity (Wildman–Crippen MR) is 67.6 cm³/mol. The summed E-state index contributed by atoms with van der Waals surface area (Å²) in [5, 5.41) is 0.414. The van der Waals surface area contributed by atoms with E-state index in [-0.39, 0.29) is 9.83 Å². The number of allylic oxidation sites excluding steroid dienone is 1. The van der Waals surface area contributed by atoms with Crippen molar-refractivity contribution >= 4 is 62.9 Å². The van der Waals surface area contributed by atoms with Gasteiger partial charge >= 0.3 is 0 Å². The lowest BCUT2D eigenvalue weighted by atomic mass is 10.1. The van der Waals surface area contributed by atoms with E-state index < -0.39 is 0 Å². The van der Waals surface area contributed by atoms with Crippen LogP contribution in [0.15, 0.2) is 9.28 Å². The molecule has 0 bridgehead atoms. The van der Waals surface area contributed by atoms with Gasteiger partial charge in [0.2, 0.25) is 5.91 Å². The minimum atomic E-state index is 0.201. The summed E-state index contributed by atoms with van der Waals surface area (Å²) in [7, 11) is 0. The summed E-state index contributed by atoms with van der Waals surface area (Å²) in [5.41, 5.74) is 1.16. The first-order valence-electron chi connectivity index (χ1n) is 3.57. The Balaban J connectivity index is 2.29. The summed E-state index contributed by atoms with van der Waals surface area (Å²) in [6.45, 7) is 2.04. The van der Waals surface area contributed by atoms with Crippen LogP contribution < -0.4 is 0 Å². The lowest BCUT2D eigenvalue weighted by molar-refractivity contribution is -0.136. The highest BCUT2D eigenvalue weighted by Gasteiger charge is 2.48. The number of carbonyl (C=O) groups is 1. The highest BCUT2D eigenvalue weighted by Crippen LogP contribution is 2.44. The third-order valence-corrected chi connectivity index (χ3v) is 6.77. The van der Waals surface area contributed by atoms with Crippen LogP contribution in [0.5, 0.6) is 0 Å². The van der Waals surface area contributed by atoms with Crippen molar-refractivity contribution in [3.63, 3.8) is 0 Å². The largest absolute Gasteiger partial charge is 0.301 e. The molecule has 1 fully saturated rings. The molecule has 1 amide bonds. The lowest BCUT2D eigenvalue weighted by Crippen LogP contribution is -2.60. The molecule has 1 saturated heterocycles. The first-order chi connectivity index (χ1) is 5.63. The van der Waals surface area contributed by atoms with Crippen molar-refractivity contribution in [3.8, 4) is 0 Å². The van der Waals surface area contributed by atoms with Crippen LogP contribution in [0.1, 0.15) is 6.92 Å². The fourth-order valence-corrected chi connectivity index (χ4v) is 4.60. The van der Waals surface area contributed by atoms with Crippen molar-refractivity contribution in [1.82, 2.24) is 4.90 Å². The number of β-lactam (4-membered cyclic amide) rings is 1. The maximum absolute atomic E-state index is 11.4. The molecule has 2 rings (SSSR count). The average molecular weight is 407 g/mol. The Morgan fingerprint density at radius 1 is 1.67 bits per heavy atom. The van der Waals surface area contributed by atoms with E-state index in [2.05, 4.69) is 45.2 Å². The Kier molecular flexibility index (Phi) is 2.63. The molecule has 2 atom stereocenters. The molecule has 5 heteroatoms. The van der Waals surface area contributed by atoms with Crippen LogP contribution in [-0.2, 0) is 4.79 Å². The Labute approximate surface area is 103 Å². The van der Waals surface area contributed by atoms with Gasteiger partial charge in [-0.05, 0) is 29.5 Å². The van der Waals surface area contributed by atoms with E-state index in [1.54, 1.807) is 0 Å². The number of rotatable bonds is 0. The van der Waals surface area contributed by atoms with Crippen molar-refractivity contribution in [2.45, 2.75) is 16.2 Å². The third-order valence-electron chi connectivity index (χ3n) is 2.11. The molecule has 12 heavy (non-hydrogen) atoms. The smallest absolute Gasteiger partial charge is 0.243 e. The van der Waals surface area contributed by atoms with E-state index in [1.165, 1.54) is 3.58 Å². The van der Waals surface area contributed by atoms with Gasteiger partial charge in [0.05, 0.1) is 0 Å². The Bertz CT molecular complexity index is 279. The summed E-state index contributed by atoms with van der Waals surface area (Å²) in [4.78, 5) is 13.3. The number of carbonyl (C=O) groups excluding carboxylic acids is 1. The number of hydrogen-bond acceptors (Lipinski definition) is 2. The molecule has 2 aliphatic heterocycles. The first-order valence-corrected chi connectivity index (χ1v) is 6.94. The van der Waals surface area contributed by atoms with Crippen LogP contribution in [0.4, 0.5) is 0 Å². The van der Waals surface area contributed by atoms with Gasteiger partial charge in [0.1, 0.15) is 9.30 Å². The number of fused-ring (bicyclic) bond motifs is 1. The maximum Gasteiger partial charge on any atom is 0.243 e. The van der Waals surface area contributed by atoms with Crippen LogP contribution in [0.3, 0.4) is 0 Å².